The molecule has 33 heavy (non-hydrogen) atoms. The van der Waals surface area contributed by atoms with Gasteiger partial charge in [0.25, 0.3) is 0 Å². The van der Waals surface area contributed by atoms with Crippen LogP contribution < -0.4 is 10.5 Å². The Balaban J connectivity index is 0.000000453. The number of allylic oxidation sites excluding steroid dienone is 1. The monoisotopic (exact) mass is 486 g/mol. The van der Waals surface area contributed by atoms with Gasteiger partial charge in [-0.15, -0.1) is 0 Å². The van der Waals surface area contributed by atoms with Crippen LogP contribution in [-0.4, -0.2) is 17.6 Å². The molecule has 2 saturated carbocycles. The number of aromatic nitrogens is 1. The first-order chi connectivity index (χ1) is 15.6. The summed E-state index contributed by atoms with van der Waals surface area (Å²) in [5.41, 5.74) is 10.9. The van der Waals surface area contributed by atoms with Gasteiger partial charge in [-0.05, 0) is 109 Å². The average molecular weight is 486 g/mol. The number of carbonyl (C=O) groups excluding carboxylic acids is 1. The number of fused-ring (bicyclic) bond motifs is 2. The minimum atomic E-state index is -0.360. The van der Waals surface area contributed by atoms with Gasteiger partial charge < -0.3 is 15.2 Å². The van der Waals surface area contributed by atoms with Gasteiger partial charge in [0, 0.05) is 22.9 Å². The zero-order valence-electron chi connectivity index (χ0n) is 19.1. The molecule has 4 aliphatic rings. The SMILES string of the molecule is CCOC(=O)C1=C(C)Oc2nc3c(c(N)c2C1[C]1[CH][CH][CH][CH]1)CCCCC3.[CH]1[CH][CH][CH][CH]1.[Fe+2]. The second kappa shape index (κ2) is 12.3. The van der Waals surface area contributed by atoms with Crippen molar-refractivity contribution in [2.24, 2.45) is 0 Å². The Bertz CT molecular complexity index is 850. The van der Waals surface area contributed by atoms with E-state index >= 15 is 0 Å². The molecule has 6 heteroatoms. The second-order valence-corrected chi connectivity index (χ2v) is 8.14. The number of ether oxygens (including phenoxy) is 2. The summed E-state index contributed by atoms with van der Waals surface area (Å²) in [5, 5.41) is 0. The molecule has 2 N–H and O–H groups in total. The molecule has 10 radical (unpaired) electrons. The topological polar surface area (TPSA) is 74.4 Å². The number of anilines is 1. The van der Waals surface area contributed by atoms with Crippen LogP contribution in [0.3, 0.4) is 0 Å². The van der Waals surface area contributed by atoms with Crippen LogP contribution in [0, 0.1) is 63.7 Å². The molecule has 1 aromatic rings. The van der Waals surface area contributed by atoms with E-state index in [9.17, 15) is 4.79 Å². The molecule has 0 spiro atoms. The summed E-state index contributed by atoms with van der Waals surface area (Å²) in [6, 6.07) is 0. The van der Waals surface area contributed by atoms with Crippen LogP contribution in [0.15, 0.2) is 11.3 Å². The van der Waals surface area contributed by atoms with Crippen molar-refractivity contribution in [2.45, 2.75) is 51.9 Å². The molecule has 0 saturated heterocycles. The fraction of sp³-hybridized carbons (Fsp3) is 0.333. The first kappa shape index (κ1) is 26.1. The second-order valence-electron chi connectivity index (χ2n) is 8.14. The van der Waals surface area contributed by atoms with E-state index in [1.54, 1.807) is 13.8 Å². The standard InChI is InChI=1S/C22H25N2O3.C5H5.Fe/c1-3-26-22(25)17-13(2)27-21-19(18(17)14-9-7-8-10-14)20(23)15-11-5-4-6-12-16(15)24-21;1-2-4-5-3-1;/h7-10,18H,3-6,11-12H2,1-2H3,(H2,23,24);1-5H;/q;;+2. The number of hydrogen-bond donors (Lipinski definition) is 1. The van der Waals surface area contributed by atoms with E-state index in [4.69, 9.17) is 20.2 Å². The molecule has 2 fully saturated rings. The first-order valence-electron chi connectivity index (χ1n) is 11.4. The van der Waals surface area contributed by atoms with Gasteiger partial charge in [0.05, 0.1) is 12.2 Å². The third-order valence-electron chi connectivity index (χ3n) is 6.05. The van der Waals surface area contributed by atoms with Crippen molar-refractivity contribution in [3.05, 3.63) is 91.9 Å². The maximum atomic E-state index is 12.8. The number of nitrogens with two attached hydrogens (primary N) is 1. The van der Waals surface area contributed by atoms with E-state index in [0.29, 0.717) is 23.8 Å². The summed E-state index contributed by atoms with van der Waals surface area (Å²) >= 11 is 0. The molecule has 0 bridgehead atoms. The first-order valence-corrected chi connectivity index (χ1v) is 11.4. The van der Waals surface area contributed by atoms with Gasteiger partial charge in [-0.25, -0.2) is 9.78 Å². The largest absolute Gasteiger partial charge is 2.00 e. The van der Waals surface area contributed by atoms with Gasteiger partial charge in [0.15, 0.2) is 0 Å². The number of esters is 1. The van der Waals surface area contributed by atoms with E-state index in [1.807, 2.05) is 57.8 Å². The molecule has 1 aliphatic heterocycles. The van der Waals surface area contributed by atoms with Gasteiger partial charge in [0.1, 0.15) is 5.76 Å². The number of hydrogen-bond acceptors (Lipinski definition) is 5. The van der Waals surface area contributed by atoms with E-state index in [-0.39, 0.29) is 29.0 Å². The molecule has 172 valence electrons. The molecule has 1 unspecified atom stereocenters. The van der Waals surface area contributed by atoms with E-state index in [1.165, 1.54) is 6.42 Å². The zero-order valence-corrected chi connectivity index (χ0v) is 20.2. The average Bonchev–Trinajstić information content (AvgIpc) is 3.48. The number of nitrogens with zero attached hydrogens (tertiary/aromatic N) is 1. The quantitative estimate of drug-likeness (QED) is 0.382. The van der Waals surface area contributed by atoms with Gasteiger partial charge in [-0.1, -0.05) is 6.42 Å². The van der Waals surface area contributed by atoms with Crippen molar-refractivity contribution in [1.29, 1.82) is 0 Å². The third kappa shape index (κ3) is 5.77. The normalized spacial score (nSPS) is 22.2. The van der Waals surface area contributed by atoms with Crippen LogP contribution in [0.4, 0.5) is 5.69 Å². The maximum absolute atomic E-state index is 12.8. The molecule has 1 aromatic heterocycles. The minimum Gasteiger partial charge on any atom is -0.463 e. The van der Waals surface area contributed by atoms with Gasteiger partial charge in [-0.3, -0.25) is 0 Å². The van der Waals surface area contributed by atoms with Gasteiger partial charge >= 0.3 is 23.0 Å². The van der Waals surface area contributed by atoms with Gasteiger partial charge in [-0.2, -0.15) is 0 Å². The van der Waals surface area contributed by atoms with E-state index in [0.717, 1.165) is 54.1 Å². The van der Waals surface area contributed by atoms with Crippen LogP contribution in [0.2, 0.25) is 0 Å². The fourth-order valence-electron chi connectivity index (χ4n) is 4.55. The Hall–Kier alpha value is -1.52. The zero-order chi connectivity index (χ0) is 22.5. The predicted octanol–water partition coefficient (Wildman–Crippen LogP) is 4.67. The van der Waals surface area contributed by atoms with Crippen molar-refractivity contribution in [1.82, 2.24) is 4.98 Å². The molecule has 5 rings (SSSR count). The van der Waals surface area contributed by atoms with Crippen LogP contribution in [0.5, 0.6) is 5.88 Å². The molecular weight excluding hydrogens is 456 g/mol. The van der Waals surface area contributed by atoms with Crippen LogP contribution in [-0.2, 0) is 39.4 Å². The summed E-state index contributed by atoms with van der Waals surface area (Å²) in [6.45, 7) is 3.92. The summed E-state index contributed by atoms with van der Waals surface area (Å²) < 4.78 is 11.3. The number of aryl methyl sites for hydroxylation is 1. The Morgan fingerprint density at radius 2 is 1.70 bits per heavy atom. The number of nitrogen functional groups attached to an aromatic ring is 1. The summed E-state index contributed by atoms with van der Waals surface area (Å²) in [6.07, 6.45) is 23.2. The van der Waals surface area contributed by atoms with Crippen molar-refractivity contribution in [3.63, 3.8) is 0 Å². The Morgan fingerprint density at radius 3 is 2.33 bits per heavy atom. The fourth-order valence-corrected chi connectivity index (χ4v) is 4.55. The van der Waals surface area contributed by atoms with Crippen molar-refractivity contribution in [2.75, 3.05) is 12.3 Å². The summed E-state index contributed by atoms with van der Waals surface area (Å²) in [5.74, 6) is 1.39. The molecule has 0 amide bonds. The van der Waals surface area contributed by atoms with Crippen LogP contribution in [0.1, 0.15) is 55.8 Å². The maximum Gasteiger partial charge on any atom is 2.00 e. The Morgan fingerprint density at radius 1 is 1.06 bits per heavy atom. The molecule has 3 aliphatic carbocycles. The number of rotatable bonds is 3. The molecule has 5 nitrogen and oxygen atoms in total. The van der Waals surface area contributed by atoms with Crippen molar-refractivity contribution >= 4 is 11.7 Å². The summed E-state index contributed by atoms with van der Waals surface area (Å²) in [7, 11) is 0. The molecule has 2 heterocycles. The predicted molar refractivity (Wildman–Crippen MR) is 125 cm³/mol. The van der Waals surface area contributed by atoms with E-state index < -0.39 is 0 Å². The van der Waals surface area contributed by atoms with Crippen molar-refractivity contribution in [3.8, 4) is 5.88 Å². The molecule has 0 aromatic carbocycles. The Labute approximate surface area is 209 Å². The van der Waals surface area contributed by atoms with Gasteiger partial charge in [0.2, 0.25) is 5.88 Å². The smallest absolute Gasteiger partial charge is 0.463 e. The van der Waals surface area contributed by atoms with Crippen LogP contribution in [0.25, 0.3) is 0 Å². The Kier molecular flexibility index (Phi) is 9.69. The molecular formula is C27H30FeN2O3+2. The number of carbonyl (C=O) groups is 1. The van der Waals surface area contributed by atoms with Crippen molar-refractivity contribution < 1.29 is 31.3 Å². The third-order valence-corrected chi connectivity index (χ3v) is 6.05. The minimum absolute atomic E-state index is 0. The summed E-state index contributed by atoms with van der Waals surface area (Å²) in [4.78, 5) is 17.6. The number of pyridine rings is 1. The molecule has 1 atom stereocenters. The van der Waals surface area contributed by atoms with Crippen LogP contribution >= 0.6 is 0 Å². The van der Waals surface area contributed by atoms with E-state index in [2.05, 4.69) is 0 Å².